The van der Waals surface area contributed by atoms with Gasteiger partial charge in [-0.2, -0.15) is 0 Å². The Kier molecular flexibility index (Phi) is 4.38. The van der Waals surface area contributed by atoms with Gasteiger partial charge in [-0.25, -0.2) is 9.97 Å². The van der Waals surface area contributed by atoms with Crippen LogP contribution in [0, 0.1) is 5.92 Å². The third kappa shape index (κ3) is 3.11. The Morgan fingerprint density at radius 1 is 1.00 bits per heavy atom. The van der Waals surface area contributed by atoms with Gasteiger partial charge in [-0.3, -0.25) is 4.79 Å². The number of hydrogen-bond acceptors (Lipinski definition) is 4. The Hall–Kier alpha value is -2.43. The van der Waals surface area contributed by atoms with Crippen molar-refractivity contribution in [3.05, 3.63) is 48.3 Å². The van der Waals surface area contributed by atoms with E-state index in [-0.39, 0.29) is 11.8 Å². The number of aromatic nitrogens is 2. The molecule has 0 N–H and O–H groups in total. The smallest absolute Gasteiger partial charge is 0.230 e. The molecule has 5 nitrogen and oxygen atoms in total. The van der Waals surface area contributed by atoms with E-state index < -0.39 is 0 Å². The SMILES string of the molecule is C[C@H]1CCN(C(=O)C2CCN(c3ncccn3)CC2)c2ccccc21. The van der Waals surface area contributed by atoms with Crippen molar-refractivity contribution in [2.24, 2.45) is 5.92 Å². The van der Waals surface area contributed by atoms with Gasteiger partial charge in [0.15, 0.2) is 0 Å². The monoisotopic (exact) mass is 336 g/mol. The first-order valence-electron chi connectivity index (χ1n) is 9.16. The maximum Gasteiger partial charge on any atom is 0.230 e. The molecule has 3 heterocycles. The second-order valence-corrected chi connectivity index (χ2v) is 7.05. The van der Waals surface area contributed by atoms with Crippen LogP contribution < -0.4 is 9.80 Å². The van der Waals surface area contributed by atoms with E-state index in [4.69, 9.17) is 0 Å². The molecule has 1 atom stereocenters. The average Bonchev–Trinajstić information content (AvgIpc) is 2.69. The van der Waals surface area contributed by atoms with Crippen molar-refractivity contribution in [2.75, 3.05) is 29.4 Å². The number of rotatable bonds is 2. The van der Waals surface area contributed by atoms with Crippen molar-refractivity contribution in [3.63, 3.8) is 0 Å². The number of para-hydroxylation sites is 1. The van der Waals surface area contributed by atoms with Crippen molar-refractivity contribution >= 4 is 17.5 Å². The van der Waals surface area contributed by atoms with E-state index in [0.717, 1.165) is 50.5 Å². The van der Waals surface area contributed by atoms with Gasteiger partial charge in [-0.05, 0) is 42.9 Å². The molecule has 2 aromatic rings. The Labute approximate surface area is 148 Å². The minimum Gasteiger partial charge on any atom is -0.341 e. The minimum absolute atomic E-state index is 0.0985. The van der Waals surface area contributed by atoms with E-state index in [1.54, 1.807) is 12.4 Å². The standard InChI is InChI=1S/C20H24N4O/c1-15-7-14-24(18-6-3-2-5-17(15)18)19(25)16-8-12-23(13-9-16)20-21-10-4-11-22-20/h2-6,10-11,15-16H,7-9,12-14H2,1H3/t15-/m0/s1. The molecule has 1 aromatic carbocycles. The number of hydrogen-bond donors (Lipinski definition) is 0. The Bertz CT molecular complexity index is 740. The molecule has 5 heteroatoms. The first-order chi connectivity index (χ1) is 12.2. The van der Waals surface area contributed by atoms with Gasteiger partial charge in [-0.15, -0.1) is 0 Å². The molecular weight excluding hydrogens is 312 g/mol. The fourth-order valence-corrected chi connectivity index (χ4v) is 3.98. The molecule has 1 saturated heterocycles. The number of carbonyl (C=O) groups excluding carboxylic acids is 1. The summed E-state index contributed by atoms with van der Waals surface area (Å²) in [6.07, 6.45) is 6.31. The number of anilines is 2. The lowest BCUT2D eigenvalue weighted by Gasteiger charge is -2.37. The lowest BCUT2D eigenvalue weighted by atomic mass is 9.89. The summed E-state index contributed by atoms with van der Waals surface area (Å²) in [4.78, 5) is 26.0. The Morgan fingerprint density at radius 2 is 1.72 bits per heavy atom. The molecule has 0 aliphatic carbocycles. The van der Waals surface area contributed by atoms with Crippen LogP contribution in [0.25, 0.3) is 0 Å². The molecule has 1 fully saturated rings. The zero-order valence-electron chi connectivity index (χ0n) is 14.6. The molecule has 0 unspecified atom stereocenters. The zero-order chi connectivity index (χ0) is 17.2. The molecule has 1 aromatic heterocycles. The highest BCUT2D eigenvalue weighted by atomic mass is 16.2. The largest absolute Gasteiger partial charge is 0.341 e. The van der Waals surface area contributed by atoms with Crippen molar-refractivity contribution in [1.82, 2.24) is 9.97 Å². The van der Waals surface area contributed by atoms with Crippen LogP contribution >= 0.6 is 0 Å². The summed E-state index contributed by atoms with van der Waals surface area (Å²) in [7, 11) is 0. The molecule has 1 amide bonds. The molecule has 4 rings (SSSR count). The molecular formula is C20H24N4O. The molecule has 2 aliphatic heterocycles. The number of nitrogens with zero attached hydrogens (tertiary/aromatic N) is 4. The number of benzene rings is 1. The van der Waals surface area contributed by atoms with E-state index in [1.807, 2.05) is 17.0 Å². The summed E-state index contributed by atoms with van der Waals surface area (Å²) in [6, 6.07) is 10.2. The van der Waals surface area contributed by atoms with Gasteiger partial charge in [-0.1, -0.05) is 25.1 Å². The maximum atomic E-state index is 13.1. The van der Waals surface area contributed by atoms with Crippen molar-refractivity contribution in [3.8, 4) is 0 Å². The van der Waals surface area contributed by atoms with E-state index in [2.05, 4.69) is 40.0 Å². The normalized spacial score (nSPS) is 21.1. The van der Waals surface area contributed by atoms with Gasteiger partial charge < -0.3 is 9.80 Å². The predicted octanol–water partition coefficient (Wildman–Crippen LogP) is 3.23. The van der Waals surface area contributed by atoms with E-state index in [0.29, 0.717) is 5.92 Å². The summed E-state index contributed by atoms with van der Waals surface area (Å²) >= 11 is 0. The second-order valence-electron chi connectivity index (χ2n) is 7.05. The molecule has 0 saturated carbocycles. The van der Waals surface area contributed by atoms with Gasteiger partial charge in [0.25, 0.3) is 0 Å². The number of carbonyl (C=O) groups is 1. The van der Waals surface area contributed by atoms with Crippen LogP contribution in [0.1, 0.15) is 37.7 Å². The number of fused-ring (bicyclic) bond motifs is 1. The highest BCUT2D eigenvalue weighted by Crippen LogP contribution is 2.36. The molecule has 0 bridgehead atoms. The van der Waals surface area contributed by atoms with Crippen LogP contribution in [0.15, 0.2) is 42.7 Å². The maximum absolute atomic E-state index is 13.1. The highest BCUT2D eigenvalue weighted by molar-refractivity contribution is 5.96. The van der Waals surface area contributed by atoms with Crippen molar-refractivity contribution in [1.29, 1.82) is 0 Å². The summed E-state index contributed by atoms with van der Waals surface area (Å²) in [5.74, 6) is 1.68. The quantitative estimate of drug-likeness (QED) is 0.845. The topological polar surface area (TPSA) is 49.3 Å². The lowest BCUT2D eigenvalue weighted by molar-refractivity contribution is -0.123. The molecule has 0 spiro atoms. The second kappa shape index (κ2) is 6.82. The minimum atomic E-state index is 0.0985. The predicted molar refractivity (Wildman–Crippen MR) is 98.8 cm³/mol. The van der Waals surface area contributed by atoms with Gasteiger partial charge in [0.1, 0.15) is 0 Å². The van der Waals surface area contributed by atoms with Crippen LogP contribution in [-0.4, -0.2) is 35.5 Å². The fraction of sp³-hybridized carbons (Fsp3) is 0.450. The molecule has 25 heavy (non-hydrogen) atoms. The third-order valence-electron chi connectivity index (χ3n) is 5.49. The summed E-state index contributed by atoms with van der Waals surface area (Å²) in [5.41, 5.74) is 2.41. The third-order valence-corrected chi connectivity index (χ3v) is 5.49. The number of piperidine rings is 1. The Balaban J connectivity index is 1.46. The molecule has 130 valence electrons. The van der Waals surface area contributed by atoms with Crippen LogP contribution in [0.5, 0.6) is 0 Å². The zero-order valence-corrected chi connectivity index (χ0v) is 14.6. The molecule has 0 radical (unpaired) electrons. The van der Waals surface area contributed by atoms with Crippen molar-refractivity contribution < 1.29 is 4.79 Å². The first kappa shape index (κ1) is 16.1. The average molecular weight is 336 g/mol. The van der Waals surface area contributed by atoms with Crippen LogP contribution in [0.4, 0.5) is 11.6 Å². The van der Waals surface area contributed by atoms with Crippen LogP contribution in [0.2, 0.25) is 0 Å². The van der Waals surface area contributed by atoms with Gasteiger partial charge in [0.2, 0.25) is 11.9 Å². The summed E-state index contributed by atoms with van der Waals surface area (Å²) in [5, 5.41) is 0. The van der Waals surface area contributed by atoms with E-state index in [1.165, 1.54) is 5.56 Å². The number of amides is 1. The first-order valence-corrected chi connectivity index (χ1v) is 9.16. The summed E-state index contributed by atoms with van der Waals surface area (Å²) < 4.78 is 0. The summed E-state index contributed by atoms with van der Waals surface area (Å²) in [6.45, 7) is 4.76. The van der Waals surface area contributed by atoms with E-state index in [9.17, 15) is 4.79 Å². The van der Waals surface area contributed by atoms with Gasteiger partial charge >= 0.3 is 0 Å². The fourth-order valence-electron chi connectivity index (χ4n) is 3.98. The van der Waals surface area contributed by atoms with E-state index >= 15 is 0 Å². The van der Waals surface area contributed by atoms with Gasteiger partial charge in [0, 0.05) is 43.6 Å². The van der Waals surface area contributed by atoms with Crippen LogP contribution in [-0.2, 0) is 4.79 Å². The van der Waals surface area contributed by atoms with Gasteiger partial charge in [0.05, 0.1) is 0 Å². The Morgan fingerprint density at radius 3 is 2.48 bits per heavy atom. The highest BCUT2D eigenvalue weighted by Gasteiger charge is 2.33. The van der Waals surface area contributed by atoms with Crippen LogP contribution in [0.3, 0.4) is 0 Å². The lowest BCUT2D eigenvalue weighted by Crippen LogP contribution is -2.45. The van der Waals surface area contributed by atoms with Crippen molar-refractivity contribution in [2.45, 2.75) is 32.1 Å². The molecule has 2 aliphatic rings.